The lowest BCUT2D eigenvalue weighted by molar-refractivity contribution is 0.0995. The Labute approximate surface area is 167 Å². The van der Waals surface area contributed by atoms with Gasteiger partial charge in [-0.15, -0.1) is 0 Å². The number of hydrogen-bond donors (Lipinski definition) is 0. The first-order valence-electron chi connectivity index (χ1n) is 8.09. The van der Waals surface area contributed by atoms with Crippen molar-refractivity contribution < 1.29 is 13.6 Å². The lowest BCUT2D eigenvalue weighted by atomic mass is 10.1. The highest BCUT2D eigenvalue weighted by Crippen LogP contribution is 2.24. The minimum atomic E-state index is -1.00. The summed E-state index contributed by atoms with van der Waals surface area (Å²) < 4.78 is 28.9. The minimum Gasteiger partial charge on any atom is -0.327 e. The lowest BCUT2D eigenvalue weighted by Gasteiger charge is -2.21. The van der Waals surface area contributed by atoms with Crippen molar-refractivity contribution in [2.24, 2.45) is 9.98 Å². The maximum Gasteiger partial charge on any atom is 0.285 e. The summed E-state index contributed by atoms with van der Waals surface area (Å²) in [6.07, 6.45) is 5.65. The van der Waals surface area contributed by atoms with Gasteiger partial charge in [-0.3, -0.25) is 4.79 Å². The third-order valence-corrected chi connectivity index (χ3v) is 4.81. The van der Waals surface area contributed by atoms with E-state index in [0.29, 0.717) is 17.9 Å². The number of fused-ring (bicyclic) bond motifs is 2. The van der Waals surface area contributed by atoms with Crippen LogP contribution in [0, 0.1) is 11.6 Å². The monoisotopic (exact) mass is 475 g/mol. The van der Waals surface area contributed by atoms with Crippen molar-refractivity contribution in [1.82, 2.24) is 4.90 Å². The van der Waals surface area contributed by atoms with Crippen molar-refractivity contribution in [1.29, 1.82) is 0 Å². The standard InChI is InChI=1S/C20H12F2IN3O/c21-15-6-3-7-16(22)18(15)20(27)25-19-14-5-2-1-4-12(14)10-26-11-13(23)8-9-17(26)24-19/h1-9,11H,10H2. The zero-order chi connectivity index (χ0) is 19.0. The minimum absolute atomic E-state index is 0.130. The number of allylic oxidation sites excluding steroid dienone is 2. The number of benzene rings is 2. The van der Waals surface area contributed by atoms with Crippen LogP contribution in [0.2, 0.25) is 0 Å². The summed E-state index contributed by atoms with van der Waals surface area (Å²) in [7, 11) is 0. The Bertz CT molecular complexity index is 1050. The van der Waals surface area contributed by atoms with Gasteiger partial charge in [0.05, 0.1) is 0 Å². The van der Waals surface area contributed by atoms with Gasteiger partial charge in [0.15, 0.2) is 5.84 Å². The van der Waals surface area contributed by atoms with Crippen LogP contribution < -0.4 is 0 Å². The summed E-state index contributed by atoms with van der Waals surface area (Å²) in [6.45, 7) is 0.549. The van der Waals surface area contributed by atoms with Crippen molar-refractivity contribution in [3.8, 4) is 0 Å². The number of carbonyl (C=O) groups excluding carboxylic acids is 1. The fourth-order valence-electron chi connectivity index (χ4n) is 2.90. The maximum absolute atomic E-state index is 13.9. The Morgan fingerprint density at radius 3 is 2.59 bits per heavy atom. The molecule has 0 aromatic heterocycles. The van der Waals surface area contributed by atoms with E-state index in [2.05, 4.69) is 32.6 Å². The zero-order valence-electron chi connectivity index (χ0n) is 13.9. The second kappa shape index (κ2) is 7.15. The molecule has 0 saturated heterocycles. The molecule has 7 heteroatoms. The normalized spacial score (nSPS) is 17.0. The van der Waals surface area contributed by atoms with Gasteiger partial charge >= 0.3 is 0 Å². The molecule has 2 aromatic rings. The van der Waals surface area contributed by atoms with Crippen LogP contribution in [-0.2, 0) is 6.54 Å². The molecule has 2 aliphatic rings. The third-order valence-electron chi connectivity index (χ3n) is 4.17. The molecule has 134 valence electrons. The number of hydrogen-bond acceptors (Lipinski definition) is 2. The van der Waals surface area contributed by atoms with Crippen LogP contribution in [0.1, 0.15) is 21.5 Å². The Morgan fingerprint density at radius 1 is 1.07 bits per heavy atom. The Kier molecular flexibility index (Phi) is 4.69. The molecule has 0 radical (unpaired) electrons. The second-order valence-corrected chi connectivity index (χ2v) is 7.19. The van der Waals surface area contributed by atoms with Gasteiger partial charge in [0.25, 0.3) is 5.91 Å². The van der Waals surface area contributed by atoms with Crippen molar-refractivity contribution in [3.63, 3.8) is 0 Å². The van der Waals surface area contributed by atoms with Crippen molar-refractivity contribution in [2.45, 2.75) is 6.54 Å². The van der Waals surface area contributed by atoms with Gasteiger partial charge in [0.1, 0.15) is 23.0 Å². The van der Waals surface area contributed by atoms with Crippen LogP contribution >= 0.6 is 22.6 Å². The van der Waals surface area contributed by atoms with Gasteiger partial charge in [-0.05, 0) is 52.4 Å². The Balaban J connectivity index is 1.85. The lowest BCUT2D eigenvalue weighted by Crippen LogP contribution is -2.24. The molecule has 0 atom stereocenters. The highest BCUT2D eigenvalue weighted by Gasteiger charge is 2.23. The number of aliphatic imine (C=N–C) groups is 2. The van der Waals surface area contributed by atoms with Gasteiger partial charge in [-0.25, -0.2) is 13.8 Å². The van der Waals surface area contributed by atoms with E-state index in [1.807, 2.05) is 41.5 Å². The predicted octanol–water partition coefficient (Wildman–Crippen LogP) is 4.61. The van der Waals surface area contributed by atoms with Crippen LogP contribution in [0.25, 0.3) is 0 Å². The SMILES string of the molecule is O=C(N=C1N=C2C=CC(I)=CN2Cc2ccccc21)c1c(F)cccc1F. The van der Waals surface area contributed by atoms with E-state index >= 15 is 0 Å². The summed E-state index contributed by atoms with van der Waals surface area (Å²) >= 11 is 2.21. The average Bonchev–Trinajstić information content (AvgIpc) is 2.78. The summed E-state index contributed by atoms with van der Waals surface area (Å²) in [6, 6.07) is 10.7. The third kappa shape index (κ3) is 3.46. The molecule has 4 rings (SSSR count). The summed E-state index contributed by atoms with van der Waals surface area (Å²) in [5, 5.41) is 0. The first-order valence-corrected chi connectivity index (χ1v) is 9.17. The molecule has 2 heterocycles. The number of amides is 1. The average molecular weight is 475 g/mol. The van der Waals surface area contributed by atoms with Crippen LogP contribution in [0.15, 0.2) is 74.4 Å². The molecule has 0 saturated carbocycles. The van der Waals surface area contributed by atoms with E-state index in [1.165, 1.54) is 6.07 Å². The molecule has 0 unspecified atom stereocenters. The topological polar surface area (TPSA) is 45.0 Å². The molecule has 27 heavy (non-hydrogen) atoms. The highest BCUT2D eigenvalue weighted by atomic mass is 127. The Hall–Kier alpha value is -2.68. The molecule has 1 amide bonds. The summed E-state index contributed by atoms with van der Waals surface area (Å²) in [5.74, 6) is -2.16. The number of nitrogens with zero attached hydrogens (tertiary/aromatic N) is 3. The van der Waals surface area contributed by atoms with Crippen molar-refractivity contribution in [2.75, 3.05) is 0 Å². The van der Waals surface area contributed by atoms with Gasteiger partial charge in [-0.2, -0.15) is 4.99 Å². The zero-order valence-corrected chi connectivity index (χ0v) is 16.0. The smallest absolute Gasteiger partial charge is 0.285 e. The molecule has 0 N–H and O–H groups in total. The highest BCUT2D eigenvalue weighted by molar-refractivity contribution is 14.1. The van der Waals surface area contributed by atoms with Crippen LogP contribution in [-0.4, -0.2) is 22.5 Å². The molecule has 4 nitrogen and oxygen atoms in total. The van der Waals surface area contributed by atoms with Gasteiger partial charge < -0.3 is 4.90 Å². The van der Waals surface area contributed by atoms with E-state index in [0.717, 1.165) is 21.3 Å². The quantitative estimate of drug-likeness (QED) is 0.566. The van der Waals surface area contributed by atoms with Crippen molar-refractivity contribution in [3.05, 3.63) is 92.7 Å². The number of carbonyl (C=O) groups is 1. The van der Waals surface area contributed by atoms with Gasteiger partial charge in [0.2, 0.25) is 0 Å². The molecule has 2 aromatic carbocycles. The van der Waals surface area contributed by atoms with Crippen LogP contribution in [0.5, 0.6) is 0 Å². The number of amidine groups is 2. The second-order valence-electron chi connectivity index (χ2n) is 5.94. The van der Waals surface area contributed by atoms with Crippen molar-refractivity contribution >= 4 is 40.2 Å². The fourth-order valence-corrected chi connectivity index (χ4v) is 3.42. The van der Waals surface area contributed by atoms with E-state index in [9.17, 15) is 13.6 Å². The van der Waals surface area contributed by atoms with Crippen LogP contribution in [0.3, 0.4) is 0 Å². The maximum atomic E-state index is 13.9. The molecule has 0 bridgehead atoms. The summed E-state index contributed by atoms with van der Waals surface area (Å²) in [4.78, 5) is 22.9. The first kappa shape index (κ1) is 17.7. The molecule has 0 aliphatic carbocycles. The fraction of sp³-hybridized carbons (Fsp3) is 0.0500. The van der Waals surface area contributed by atoms with E-state index < -0.39 is 23.1 Å². The van der Waals surface area contributed by atoms with E-state index in [1.54, 1.807) is 6.07 Å². The largest absolute Gasteiger partial charge is 0.327 e. The van der Waals surface area contributed by atoms with E-state index in [-0.39, 0.29) is 5.84 Å². The number of rotatable bonds is 1. The molecule has 2 aliphatic heterocycles. The molecular weight excluding hydrogens is 463 g/mol. The molecule has 0 fully saturated rings. The Morgan fingerprint density at radius 2 is 1.81 bits per heavy atom. The first-order chi connectivity index (χ1) is 13.0. The predicted molar refractivity (Wildman–Crippen MR) is 108 cm³/mol. The summed E-state index contributed by atoms with van der Waals surface area (Å²) in [5.41, 5.74) is 0.881. The van der Waals surface area contributed by atoms with Gasteiger partial charge in [-0.1, -0.05) is 30.3 Å². The van der Waals surface area contributed by atoms with Crippen LogP contribution in [0.4, 0.5) is 8.78 Å². The van der Waals surface area contributed by atoms with Gasteiger partial charge in [0, 0.05) is 21.9 Å². The van der Waals surface area contributed by atoms with E-state index in [4.69, 9.17) is 0 Å². The molecular formula is C20H12F2IN3O. The molecule has 0 spiro atoms. The number of halogens is 3.